The molecule has 0 bridgehead atoms. The molecule has 0 saturated carbocycles. The summed E-state index contributed by atoms with van der Waals surface area (Å²) in [5, 5.41) is 4.21. The third-order valence-corrected chi connectivity index (χ3v) is 7.03. The first-order valence-electron chi connectivity index (χ1n) is 9.30. The van der Waals surface area contributed by atoms with E-state index in [-0.39, 0.29) is 35.0 Å². The molecule has 1 N–H and O–H groups in total. The van der Waals surface area contributed by atoms with E-state index in [9.17, 15) is 13.2 Å². The highest BCUT2D eigenvalue weighted by molar-refractivity contribution is 7.89. The lowest BCUT2D eigenvalue weighted by Gasteiger charge is -2.19. The third kappa shape index (κ3) is 4.23. The molecule has 156 valence electrons. The van der Waals surface area contributed by atoms with Gasteiger partial charge in [0.25, 0.3) is 5.91 Å². The lowest BCUT2D eigenvalue weighted by molar-refractivity contribution is -0.123. The van der Waals surface area contributed by atoms with Gasteiger partial charge in [0.2, 0.25) is 10.0 Å². The predicted octanol–water partition coefficient (Wildman–Crippen LogP) is 2.24. The molecule has 10 heteroatoms. The van der Waals surface area contributed by atoms with E-state index in [1.165, 1.54) is 22.8 Å². The van der Waals surface area contributed by atoms with Crippen molar-refractivity contribution in [2.24, 2.45) is 0 Å². The van der Waals surface area contributed by atoms with E-state index in [4.69, 9.17) is 16.3 Å². The van der Waals surface area contributed by atoms with E-state index in [0.717, 1.165) is 0 Å². The summed E-state index contributed by atoms with van der Waals surface area (Å²) in [6, 6.07) is 8.09. The molecule has 4 rings (SSSR count). The Morgan fingerprint density at radius 3 is 2.87 bits per heavy atom. The summed E-state index contributed by atoms with van der Waals surface area (Å²) in [5.41, 5.74) is 0. The Morgan fingerprint density at radius 1 is 1.20 bits per heavy atom. The van der Waals surface area contributed by atoms with E-state index in [2.05, 4.69) is 15.3 Å². The SMILES string of the molecule is O=C(COc1cccnc1)N[C@H]1CCN(S(=O)(=O)c2cccc3cncc(Cl)c23)C1. The van der Waals surface area contributed by atoms with Crippen molar-refractivity contribution in [3.8, 4) is 5.75 Å². The number of pyridine rings is 2. The Labute approximate surface area is 178 Å². The fraction of sp³-hybridized carbons (Fsp3) is 0.250. The normalized spacial score (nSPS) is 17.2. The van der Waals surface area contributed by atoms with Crippen molar-refractivity contribution in [3.63, 3.8) is 0 Å². The summed E-state index contributed by atoms with van der Waals surface area (Å²) >= 11 is 6.24. The van der Waals surface area contributed by atoms with Crippen LogP contribution >= 0.6 is 11.6 Å². The van der Waals surface area contributed by atoms with E-state index >= 15 is 0 Å². The molecule has 1 aliphatic rings. The van der Waals surface area contributed by atoms with Crippen molar-refractivity contribution in [1.29, 1.82) is 0 Å². The minimum atomic E-state index is -3.78. The van der Waals surface area contributed by atoms with Crippen LogP contribution in [0.5, 0.6) is 5.75 Å². The molecule has 3 aromatic rings. The van der Waals surface area contributed by atoms with Gasteiger partial charge < -0.3 is 10.1 Å². The van der Waals surface area contributed by atoms with Crippen LogP contribution in [0.4, 0.5) is 0 Å². The number of hydrogen-bond acceptors (Lipinski definition) is 6. The number of nitrogens with one attached hydrogen (secondary N) is 1. The van der Waals surface area contributed by atoms with E-state index < -0.39 is 10.0 Å². The maximum Gasteiger partial charge on any atom is 0.258 e. The number of halogens is 1. The van der Waals surface area contributed by atoms with Crippen LogP contribution in [0.2, 0.25) is 5.02 Å². The highest BCUT2D eigenvalue weighted by Crippen LogP contribution is 2.32. The number of benzene rings is 1. The topological polar surface area (TPSA) is 101 Å². The smallest absolute Gasteiger partial charge is 0.258 e. The fourth-order valence-electron chi connectivity index (χ4n) is 3.43. The van der Waals surface area contributed by atoms with Crippen molar-refractivity contribution >= 4 is 38.3 Å². The number of hydrogen-bond donors (Lipinski definition) is 1. The maximum atomic E-state index is 13.2. The van der Waals surface area contributed by atoms with Crippen LogP contribution in [0.15, 0.2) is 60.0 Å². The maximum absolute atomic E-state index is 13.2. The van der Waals surface area contributed by atoms with E-state index in [1.807, 2.05) is 0 Å². The summed E-state index contributed by atoms with van der Waals surface area (Å²) in [5.74, 6) is 0.174. The Morgan fingerprint density at radius 2 is 2.07 bits per heavy atom. The first-order chi connectivity index (χ1) is 14.4. The molecule has 3 heterocycles. The number of carbonyl (C=O) groups is 1. The number of carbonyl (C=O) groups excluding carboxylic acids is 1. The Bertz CT molecular complexity index is 1170. The van der Waals surface area contributed by atoms with Crippen LogP contribution < -0.4 is 10.1 Å². The predicted molar refractivity (Wildman–Crippen MR) is 112 cm³/mol. The van der Waals surface area contributed by atoms with Gasteiger partial charge in [-0.25, -0.2) is 8.42 Å². The largest absolute Gasteiger partial charge is 0.482 e. The van der Waals surface area contributed by atoms with Crippen molar-refractivity contribution in [1.82, 2.24) is 19.6 Å². The van der Waals surface area contributed by atoms with Crippen molar-refractivity contribution in [2.45, 2.75) is 17.4 Å². The average molecular weight is 447 g/mol. The van der Waals surface area contributed by atoms with E-state index in [1.54, 1.807) is 36.7 Å². The van der Waals surface area contributed by atoms with Gasteiger partial charge in [0.15, 0.2) is 6.61 Å². The molecule has 1 amide bonds. The monoisotopic (exact) mass is 446 g/mol. The molecule has 0 unspecified atom stereocenters. The number of fused-ring (bicyclic) bond motifs is 1. The molecule has 1 aliphatic heterocycles. The number of nitrogens with zero attached hydrogens (tertiary/aromatic N) is 3. The standard InChI is InChI=1S/C20H19ClN4O4S/c21-17-11-23-9-14-3-1-5-18(20(14)17)30(27,28)25-8-6-15(12-25)24-19(26)13-29-16-4-2-7-22-10-16/h1-5,7,9-11,15H,6,8,12-13H2,(H,24,26)/t15-/m0/s1. The first kappa shape index (κ1) is 20.5. The van der Waals surface area contributed by atoms with Crippen LogP contribution in [0.3, 0.4) is 0 Å². The third-order valence-electron chi connectivity index (χ3n) is 4.84. The Hall–Kier alpha value is -2.75. The number of amides is 1. The Balaban J connectivity index is 1.43. The van der Waals surface area contributed by atoms with Gasteiger partial charge in [-0.15, -0.1) is 0 Å². The highest BCUT2D eigenvalue weighted by atomic mass is 35.5. The molecule has 1 aromatic carbocycles. The highest BCUT2D eigenvalue weighted by Gasteiger charge is 2.34. The second-order valence-electron chi connectivity index (χ2n) is 6.87. The molecule has 30 heavy (non-hydrogen) atoms. The summed E-state index contributed by atoms with van der Waals surface area (Å²) in [4.78, 5) is 20.2. The molecule has 0 radical (unpaired) electrons. The number of sulfonamides is 1. The minimum absolute atomic E-state index is 0.138. The molecule has 0 spiro atoms. The zero-order chi connectivity index (χ0) is 21.1. The van der Waals surface area contributed by atoms with E-state index in [0.29, 0.717) is 29.5 Å². The van der Waals surface area contributed by atoms with Crippen LogP contribution in [0.25, 0.3) is 10.8 Å². The fourth-order valence-corrected chi connectivity index (χ4v) is 5.49. The van der Waals surface area contributed by atoms with Crippen LogP contribution in [0, 0.1) is 0 Å². The van der Waals surface area contributed by atoms with Gasteiger partial charge in [-0.05, 0) is 24.6 Å². The van der Waals surface area contributed by atoms with Gasteiger partial charge in [0.1, 0.15) is 5.75 Å². The van der Waals surface area contributed by atoms with Crippen molar-refractivity contribution < 1.29 is 17.9 Å². The molecule has 2 aromatic heterocycles. The lowest BCUT2D eigenvalue weighted by atomic mass is 10.2. The summed E-state index contributed by atoms with van der Waals surface area (Å²) in [7, 11) is -3.78. The van der Waals surface area contributed by atoms with Crippen LogP contribution in [0.1, 0.15) is 6.42 Å². The molecule has 0 aliphatic carbocycles. The summed E-state index contributed by atoms with van der Waals surface area (Å²) in [6.07, 6.45) is 6.65. The summed E-state index contributed by atoms with van der Waals surface area (Å²) in [6.45, 7) is 0.316. The number of rotatable bonds is 6. The van der Waals surface area contributed by atoms with Crippen LogP contribution in [-0.4, -0.2) is 54.3 Å². The van der Waals surface area contributed by atoms with Gasteiger partial charge in [-0.2, -0.15) is 4.31 Å². The Kier molecular flexibility index (Phi) is 5.85. The first-order valence-corrected chi connectivity index (χ1v) is 11.1. The van der Waals surface area contributed by atoms with Gasteiger partial charge in [-0.1, -0.05) is 23.7 Å². The molecular formula is C20H19ClN4O4S. The zero-order valence-electron chi connectivity index (χ0n) is 15.9. The molecule has 1 atom stereocenters. The number of ether oxygens (including phenoxy) is 1. The quantitative estimate of drug-likeness (QED) is 0.623. The van der Waals surface area contributed by atoms with Gasteiger partial charge in [0.05, 0.1) is 16.1 Å². The van der Waals surface area contributed by atoms with Crippen molar-refractivity contribution in [2.75, 3.05) is 19.7 Å². The second kappa shape index (κ2) is 8.55. The lowest BCUT2D eigenvalue weighted by Crippen LogP contribution is -2.40. The minimum Gasteiger partial charge on any atom is -0.482 e. The van der Waals surface area contributed by atoms with Gasteiger partial charge >= 0.3 is 0 Å². The van der Waals surface area contributed by atoms with Crippen molar-refractivity contribution in [3.05, 3.63) is 60.1 Å². The van der Waals surface area contributed by atoms with Crippen LogP contribution in [-0.2, 0) is 14.8 Å². The average Bonchev–Trinajstić information content (AvgIpc) is 3.22. The second-order valence-corrected chi connectivity index (χ2v) is 9.18. The molecule has 8 nitrogen and oxygen atoms in total. The molecular weight excluding hydrogens is 428 g/mol. The molecule has 1 saturated heterocycles. The van der Waals surface area contributed by atoms with Gasteiger partial charge in [0, 0.05) is 48.5 Å². The number of aromatic nitrogens is 2. The molecule has 1 fully saturated rings. The zero-order valence-corrected chi connectivity index (χ0v) is 17.4. The van der Waals surface area contributed by atoms with Gasteiger partial charge in [-0.3, -0.25) is 14.8 Å². The summed E-state index contributed by atoms with van der Waals surface area (Å²) < 4.78 is 33.2.